The van der Waals surface area contributed by atoms with Gasteiger partial charge in [-0.05, 0) is 30.9 Å². The number of halogens is 1. The Morgan fingerprint density at radius 2 is 2.40 bits per heavy atom. The van der Waals surface area contributed by atoms with Gasteiger partial charge in [0.2, 0.25) is 0 Å². The molecule has 80 valence electrons. The minimum atomic E-state index is -0.0515. The predicted molar refractivity (Wildman–Crippen MR) is 58.9 cm³/mol. The molecule has 3 nitrogen and oxygen atoms in total. The highest BCUT2D eigenvalue weighted by Crippen LogP contribution is 2.29. The van der Waals surface area contributed by atoms with Crippen LogP contribution in [0.2, 0.25) is 5.02 Å². The minimum absolute atomic E-state index is 0.0515. The SMILES string of the molecule is CN(CC1CC1)C(=O)c1cc(Cl)ccn1. The fourth-order valence-electron chi connectivity index (χ4n) is 1.49. The zero-order valence-electron chi connectivity index (χ0n) is 8.61. The van der Waals surface area contributed by atoms with Crippen molar-refractivity contribution in [2.45, 2.75) is 12.8 Å². The van der Waals surface area contributed by atoms with Crippen LogP contribution in [-0.2, 0) is 0 Å². The molecule has 1 aliphatic rings. The van der Waals surface area contributed by atoms with Crippen LogP contribution in [0.5, 0.6) is 0 Å². The Morgan fingerprint density at radius 3 is 3.00 bits per heavy atom. The van der Waals surface area contributed by atoms with Crippen molar-refractivity contribution in [3.05, 3.63) is 29.0 Å². The van der Waals surface area contributed by atoms with Crippen molar-refractivity contribution in [1.82, 2.24) is 9.88 Å². The first-order chi connectivity index (χ1) is 7.16. The van der Waals surface area contributed by atoms with E-state index in [1.807, 2.05) is 7.05 Å². The monoisotopic (exact) mass is 224 g/mol. The van der Waals surface area contributed by atoms with Gasteiger partial charge in [0, 0.05) is 24.8 Å². The van der Waals surface area contributed by atoms with E-state index in [0.29, 0.717) is 16.6 Å². The highest BCUT2D eigenvalue weighted by Gasteiger charge is 2.25. The van der Waals surface area contributed by atoms with Gasteiger partial charge in [0.25, 0.3) is 5.91 Å². The fraction of sp³-hybridized carbons (Fsp3) is 0.455. The van der Waals surface area contributed by atoms with Gasteiger partial charge in [0.1, 0.15) is 5.69 Å². The van der Waals surface area contributed by atoms with Gasteiger partial charge in [-0.15, -0.1) is 0 Å². The van der Waals surface area contributed by atoms with E-state index in [-0.39, 0.29) is 5.91 Å². The van der Waals surface area contributed by atoms with Gasteiger partial charge in [-0.25, -0.2) is 0 Å². The van der Waals surface area contributed by atoms with E-state index >= 15 is 0 Å². The van der Waals surface area contributed by atoms with Crippen LogP contribution in [0.4, 0.5) is 0 Å². The lowest BCUT2D eigenvalue weighted by Gasteiger charge is -2.15. The second-order valence-electron chi connectivity index (χ2n) is 3.99. The molecule has 1 fully saturated rings. The van der Waals surface area contributed by atoms with E-state index in [0.717, 1.165) is 6.54 Å². The first-order valence-corrected chi connectivity index (χ1v) is 5.41. The van der Waals surface area contributed by atoms with Gasteiger partial charge in [-0.3, -0.25) is 9.78 Å². The van der Waals surface area contributed by atoms with Gasteiger partial charge in [0.15, 0.2) is 0 Å². The predicted octanol–water partition coefficient (Wildman–Crippen LogP) is 2.22. The summed E-state index contributed by atoms with van der Waals surface area (Å²) >= 11 is 5.80. The number of carbonyl (C=O) groups is 1. The molecule has 0 spiro atoms. The number of hydrogen-bond acceptors (Lipinski definition) is 2. The van der Waals surface area contributed by atoms with Crippen LogP contribution in [0.15, 0.2) is 18.3 Å². The molecule has 0 radical (unpaired) electrons. The van der Waals surface area contributed by atoms with Crippen molar-refractivity contribution in [3.8, 4) is 0 Å². The lowest BCUT2D eigenvalue weighted by Crippen LogP contribution is -2.29. The number of pyridine rings is 1. The minimum Gasteiger partial charge on any atom is -0.340 e. The van der Waals surface area contributed by atoms with E-state index in [2.05, 4.69) is 4.98 Å². The lowest BCUT2D eigenvalue weighted by atomic mass is 10.3. The maximum Gasteiger partial charge on any atom is 0.272 e. The average molecular weight is 225 g/mol. The van der Waals surface area contributed by atoms with Crippen LogP contribution >= 0.6 is 11.6 Å². The molecule has 1 amide bonds. The molecule has 0 aromatic carbocycles. The van der Waals surface area contributed by atoms with Gasteiger partial charge in [0.05, 0.1) is 0 Å². The summed E-state index contributed by atoms with van der Waals surface area (Å²) in [5, 5.41) is 0.549. The summed E-state index contributed by atoms with van der Waals surface area (Å²) < 4.78 is 0. The molecular weight excluding hydrogens is 212 g/mol. The summed E-state index contributed by atoms with van der Waals surface area (Å²) in [5.74, 6) is 0.641. The summed E-state index contributed by atoms with van der Waals surface area (Å²) in [4.78, 5) is 17.6. The van der Waals surface area contributed by atoms with Gasteiger partial charge < -0.3 is 4.90 Å². The van der Waals surface area contributed by atoms with Crippen LogP contribution in [0, 0.1) is 5.92 Å². The summed E-state index contributed by atoms with van der Waals surface area (Å²) in [6, 6.07) is 3.27. The highest BCUT2D eigenvalue weighted by molar-refractivity contribution is 6.30. The average Bonchev–Trinajstić information content (AvgIpc) is 3.00. The molecule has 0 unspecified atom stereocenters. The summed E-state index contributed by atoms with van der Waals surface area (Å²) in [6.45, 7) is 0.826. The molecule has 0 saturated heterocycles. The van der Waals surface area contributed by atoms with Crippen molar-refractivity contribution in [1.29, 1.82) is 0 Å². The Hall–Kier alpha value is -1.09. The Kier molecular flexibility index (Phi) is 2.91. The van der Waals surface area contributed by atoms with Gasteiger partial charge in [-0.2, -0.15) is 0 Å². The van der Waals surface area contributed by atoms with Crippen molar-refractivity contribution in [2.75, 3.05) is 13.6 Å². The number of carbonyl (C=O) groups excluding carboxylic acids is 1. The van der Waals surface area contributed by atoms with Crippen LogP contribution in [-0.4, -0.2) is 29.4 Å². The topological polar surface area (TPSA) is 33.2 Å². The number of rotatable bonds is 3. The maximum atomic E-state index is 11.9. The molecule has 1 saturated carbocycles. The second-order valence-corrected chi connectivity index (χ2v) is 4.42. The number of nitrogens with zero attached hydrogens (tertiary/aromatic N) is 2. The first kappa shape index (κ1) is 10.4. The highest BCUT2D eigenvalue weighted by atomic mass is 35.5. The van der Waals surface area contributed by atoms with E-state index in [1.54, 1.807) is 23.2 Å². The lowest BCUT2D eigenvalue weighted by molar-refractivity contribution is 0.0783. The molecule has 2 rings (SSSR count). The molecule has 0 N–H and O–H groups in total. The number of amides is 1. The summed E-state index contributed by atoms with van der Waals surface area (Å²) in [5.41, 5.74) is 0.422. The van der Waals surface area contributed by atoms with Crippen molar-refractivity contribution in [3.63, 3.8) is 0 Å². The largest absolute Gasteiger partial charge is 0.340 e. The van der Waals surface area contributed by atoms with Crippen LogP contribution < -0.4 is 0 Å². The molecule has 1 aromatic heterocycles. The van der Waals surface area contributed by atoms with Gasteiger partial charge >= 0.3 is 0 Å². The number of hydrogen-bond donors (Lipinski definition) is 0. The Morgan fingerprint density at radius 1 is 1.67 bits per heavy atom. The molecule has 1 heterocycles. The number of aromatic nitrogens is 1. The van der Waals surface area contributed by atoms with Crippen molar-refractivity contribution < 1.29 is 4.79 Å². The zero-order chi connectivity index (χ0) is 10.8. The smallest absolute Gasteiger partial charge is 0.272 e. The van der Waals surface area contributed by atoms with Crippen LogP contribution in [0.1, 0.15) is 23.3 Å². The summed E-state index contributed by atoms with van der Waals surface area (Å²) in [6.07, 6.45) is 4.03. The molecule has 1 aromatic rings. The molecule has 4 heteroatoms. The molecule has 0 atom stereocenters. The van der Waals surface area contributed by atoms with Crippen LogP contribution in [0.25, 0.3) is 0 Å². The molecular formula is C11H13ClN2O. The van der Waals surface area contributed by atoms with Crippen LogP contribution in [0.3, 0.4) is 0 Å². The van der Waals surface area contributed by atoms with E-state index in [9.17, 15) is 4.79 Å². The van der Waals surface area contributed by atoms with E-state index in [1.165, 1.54) is 12.8 Å². The van der Waals surface area contributed by atoms with Gasteiger partial charge in [-0.1, -0.05) is 11.6 Å². The normalized spacial score (nSPS) is 15.1. The molecule has 0 aliphatic heterocycles. The quantitative estimate of drug-likeness (QED) is 0.789. The molecule has 0 bridgehead atoms. The first-order valence-electron chi connectivity index (χ1n) is 5.04. The fourth-order valence-corrected chi connectivity index (χ4v) is 1.65. The summed E-state index contributed by atoms with van der Waals surface area (Å²) in [7, 11) is 1.81. The van der Waals surface area contributed by atoms with E-state index < -0.39 is 0 Å². The third-order valence-corrected chi connectivity index (χ3v) is 2.75. The zero-order valence-corrected chi connectivity index (χ0v) is 9.37. The Balaban J connectivity index is 2.05. The third-order valence-electron chi connectivity index (χ3n) is 2.52. The maximum absolute atomic E-state index is 11.9. The standard InChI is InChI=1S/C11H13ClN2O/c1-14(7-8-2-3-8)11(15)10-6-9(12)4-5-13-10/h4-6,8H,2-3,7H2,1H3. The second kappa shape index (κ2) is 4.19. The molecule has 15 heavy (non-hydrogen) atoms. The van der Waals surface area contributed by atoms with E-state index in [4.69, 9.17) is 11.6 Å². The molecule has 1 aliphatic carbocycles. The Bertz CT molecular complexity index is 377. The van der Waals surface area contributed by atoms with Crippen molar-refractivity contribution in [2.24, 2.45) is 5.92 Å². The third kappa shape index (κ3) is 2.69. The Labute approximate surface area is 94.1 Å². The van der Waals surface area contributed by atoms with Crippen molar-refractivity contribution >= 4 is 17.5 Å².